The molecule has 0 unspecified atom stereocenters. The molecule has 0 amide bonds. The molecule has 1 aromatic rings. The number of aromatic nitrogens is 2. The van der Waals surface area contributed by atoms with Crippen molar-refractivity contribution in [3.63, 3.8) is 0 Å². The van der Waals surface area contributed by atoms with E-state index in [1.807, 2.05) is 13.8 Å². The first-order valence-electron chi connectivity index (χ1n) is 4.39. The molecule has 0 aliphatic carbocycles. The molecule has 0 atom stereocenters. The Morgan fingerprint density at radius 3 is 2.46 bits per heavy atom. The van der Waals surface area contributed by atoms with Crippen LogP contribution in [0.15, 0.2) is 0 Å². The number of halogens is 1. The summed E-state index contributed by atoms with van der Waals surface area (Å²) in [5.74, 6) is 0.687. The molecular formula is C9H14ClN3. The van der Waals surface area contributed by atoms with Crippen LogP contribution in [-0.2, 0) is 0 Å². The first kappa shape index (κ1) is 10.3. The molecule has 0 saturated carbocycles. The lowest BCUT2D eigenvalue weighted by molar-refractivity contribution is 0.951. The van der Waals surface area contributed by atoms with Gasteiger partial charge in [-0.25, -0.2) is 9.97 Å². The Bertz CT molecular complexity index is 299. The SMILES string of the molecule is CCCNc1nc(C)c(C)nc1Cl. The van der Waals surface area contributed by atoms with E-state index in [4.69, 9.17) is 11.6 Å². The number of hydrogen-bond acceptors (Lipinski definition) is 3. The molecule has 0 saturated heterocycles. The summed E-state index contributed by atoms with van der Waals surface area (Å²) in [6, 6.07) is 0. The quantitative estimate of drug-likeness (QED) is 0.813. The van der Waals surface area contributed by atoms with E-state index in [0.717, 1.165) is 24.4 Å². The van der Waals surface area contributed by atoms with Crippen LogP contribution in [0.25, 0.3) is 0 Å². The molecular weight excluding hydrogens is 186 g/mol. The summed E-state index contributed by atoms with van der Waals surface area (Å²) in [6.07, 6.45) is 1.05. The highest BCUT2D eigenvalue weighted by Crippen LogP contribution is 2.17. The van der Waals surface area contributed by atoms with Gasteiger partial charge in [0.15, 0.2) is 11.0 Å². The molecule has 0 bridgehead atoms. The molecule has 0 spiro atoms. The molecule has 0 aromatic carbocycles. The van der Waals surface area contributed by atoms with E-state index in [1.54, 1.807) is 0 Å². The van der Waals surface area contributed by atoms with E-state index in [9.17, 15) is 0 Å². The van der Waals surface area contributed by atoms with Crippen LogP contribution in [0, 0.1) is 13.8 Å². The Hall–Kier alpha value is -0.830. The third kappa shape index (κ3) is 2.56. The normalized spacial score (nSPS) is 10.2. The minimum absolute atomic E-state index is 0.455. The molecule has 0 radical (unpaired) electrons. The van der Waals surface area contributed by atoms with Crippen molar-refractivity contribution in [1.82, 2.24) is 9.97 Å². The van der Waals surface area contributed by atoms with Gasteiger partial charge < -0.3 is 5.32 Å². The summed E-state index contributed by atoms with van der Waals surface area (Å²) in [6.45, 7) is 6.79. The van der Waals surface area contributed by atoms with Gasteiger partial charge in [-0.3, -0.25) is 0 Å². The number of hydrogen-bond donors (Lipinski definition) is 1. The Balaban J connectivity index is 2.88. The average Bonchev–Trinajstić information content (AvgIpc) is 2.09. The monoisotopic (exact) mass is 199 g/mol. The van der Waals surface area contributed by atoms with Crippen LogP contribution >= 0.6 is 11.6 Å². The van der Waals surface area contributed by atoms with E-state index in [1.165, 1.54) is 0 Å². The van der Waals surface area contributed by atoms with Gasteiger partial charge in [-0.1, -0.05) is 18.5 Å². The van der Waals surface area contributed by atoms with Gasteiger partial charge in [0, 0.05) is 6.54 Å². The van der Waals surface area contributed by atoms with Gasteiger partial charge in [0.1, 0.15) is 0 Å². The average molecular weight is 200 g/mol. The first-order chi connectivity index (χ1) is 6.15. The number of nitrogens with zero attached hydrogens (tertiary/aromatic N) is 2. The van der Waals surface area contributed by atoms with Crippen LogP contribution < -0.4 is 5.32 Å². The van der Waals surface area contributed by atoms with Crippen molar-refractivity contribution in [3.05, 3.63) is 16.5 Å². The van der Waals surface area contributed by atoms with Gasteiger partial charge in [-0.05, 0) is 20.3 Å². The van der Waals surface area contributed by atoms with Crippen LogP contribution in [0.3, 0.4) is 0 Å². The zero-order valence-electron chi connectivity index (χ0n) is 8.19. The maximum Gasteiger partial charge on any atom is 0.171 e. The Morgan fingerprint density at radius 2 is 1.85 bits per heavy atom. The van der Waals surface area contributed by atoms with Crippen LogP contribution in [0.5, 0.6) is 0 Å². The lowest BCUT2D eigenvalue weighted by Gasteiger charge is -2.07. The summed E-state index contributed by atoms with van der Waals surface area (Å²) in [4.78, 5) is 8.47. The van der Waals surface area contributed by atoms with Crippen molar-refractivity contribution in [2.75, 3.05) is 11.9 Å². The summed E-state index contributed by atoms with van der Waals surface area (Å²) in [7, 11) is 0. The molecule has 72 valence electrons. The lowest BCUT2D eigenvalue weighted by Crippen LogP contribution is -2.05. The fraction of sp³-hybridized carbons (Fsp3) is 0.556. The predicted molar refractivity (Wildman–Crippen MR) is 55.3 cm³/mol. The van der Waals surface area contributed by atoms with E-state index < -0.39 is 0 Å². The van der Waals surface area contributed by atoms with E-state index >= 15 is 0 Å². The molecule has 0 fully saturated rings. The van der Waals surface area contributed by atoms with Crippen molar-refractivity contribution in [2.24, 2.45) is 0 Å². The fourth-order valence-corrected chi connectivity index (χ4v) is 1.17. The number of anilines is 1. The topological polar surface area (TPSA) is 37.8 Å². The molecule has 4 heteroatoms. The fourth-order valence-electron chi connectivity index (χ4n) is 0.932. The van der Waals surface area contributed by atoms with Crippen LogP contribution in [-0.4, -0.2) is 16.5 Å². The van der Waals surface area contributed by atoms with E-state index in [-0.39, 0.29) is 0 Å². The minimum atomic E-state index is 0.455. The molecule has 1 heterocycles. The third-order valence-corrected chi connectivity index (χ3v) is 2.07. The zero-order valence-corrected chi connectivity index (χ0v) is 8.94. The minimum Gasteiger partial charge on any atom is -0.368 e. The van der Waals surface area contributed by atoms with Gasteiger partial charge in [-0.2, -0.15) is 0 Å². The molecule has 13 heavy (non-hydrogen) atoms. The largest absolute Gasteiger partial charge is 0.368 e. The lowest BCUT2D eigenvalue weighted by atomic mass is 10.3. The van der Waals surface area contributed by atoms with Crippen molar-refractivity contribution in [3.8, 4) is 0 Å². The zero-order chi connectivity index (χ0) is 9.84. The van der Waals surface area contributed by atoms with Gasteiger partial charge in [0.05, 0.1) is 11.4 Å². The van der Waals surface area contributed by atoms with Gasteiger partial charge in [0.2, 0.25) is 0 Å². The summed E-state index contributed by atoms with van der Waals surface area (Å²) < 4.78 is 0. The Labute approximate surface area is 83.5 Å². The van der Waals surface area contributed by atoms with Crippen LogP contribution in [0.1, 0.15) is 24.7 Å². The molecule has 0 aliphatic rings. The highest BCUT2D eigenvalue weighted by Gasteiger charge is 2.05. The molecule has 1 aromatic heterocycles. The molecule has 1 rings (SSSR count). The summed E-state index contributed by atoms with van der Waals surface area (Å²) in [5.41, 5.74) is 1.80. The van der Waals surface area contributed by atoms with Crippen LogP contribution in [0.2, 0.25) is 5.15 Å². The number of nitrogens with one attached hydrogen (secondary N) is 1. The van der Waals surface area contributed by atoms with Gasteiger partial charge >= 0.3 is 0 Å². The highest BCUT2D eigenvalue weighted by molar-refractivity contribution is 6.31. The third-order valence-electron chi connectivity index (χ3n) is 1.81. The second-order valence-electron chi connectivity index (χ2n) is 2.96. The Kier molecular flexibility index (Phi) is 3.48. The van der Waals surface area contributed by atoms with E-state index in [0.29, 0.717) is 11.0 Å². The smallest absolute Gasteiger partial charge is 0.171 e. The Morgan fingerprint density at radius 1 is 1.23 bits per heavy atom. The second kappa shape index (κ2) is 4.42. The summed E-state index contributed by atoms with van der Waals surface area (Å²) >= 11 is 5.90. The predicted octanol–water partition coefficient (Wildman–Crippen LogP) is 2.57. The van der Waals surface area contributed by atoms with Crippen molar-refractivity contribution in [1.29, 1.82) is 0 Å². The maximum atomic E-state index is 5.90. The molecule has 3 nitrogen and oxygen atoms in total. The van der Waals surface area contributed by atoms with Gasteiger partial charge in [-0.15, -0.1) is 0 Å². The van der Waals surface area contributed by atoms with Crippen LogP contribution in [0.4, 0.5) is 5.82 Å². The molecule has 0 aliphatic heterocycles. The summed E-state index contributed by atoms with van der Waals surface area (Å²) in [5, 5.41) is 3.58. The highest BCUT2D eigenvalue weighted by atomic mass is 35.5. The maximum absolute atomic E-state index is 5.90. The van der Waals surface area contributed by atoms with Crippen molar-refractivity contribution >= 4 is 17.4 Å². The molecule has 1 N–H and O–H groups in total. The number of rotatable bonds is 3. The van der Waals surface area contributed by atoms with E-state index in [2.05, 4.69) is 22.2 Å². The number of aryl methyl sites for hydroxylation is 2. The van der Waals surface area contributed by atoms with Crippen molar-refractivity contribution < 1.29 is 0 Å². The first-order valence-corrected chi connectivity index (χ1v) is 4.77. The van der Waals surface area contributed by atoms with Crippen molar-refractivity contribution in [2.45, 2.75) is 27.2 Å². The van der Waals surface area contributed by atoms with Gasteiger partial charge in [0.25, 0.3) is 0 Å². The standard InChI is InChI=1S/C9H14ClN3/c1-4-5-11-9-8(10)12-6(2)7(3)13-9/h4-5H2,1-3H3,(H,11,13). The second-order valence-corrected chi connectivity index (χ2v) is 3.32.